The molecule has 24 heavy (non-hydrogen) atoms. The van der Waals surface area contributed by atoms with Crippen molar-refractivity contribution in [2.24, 2.45) is 5.14 Å². The third kappa shape index (κ3) is 5.12. The second-order valence-electron chi connectivity index (χ2n) is 5.33. The van der Waals surface area contributed by atoms with Crippen LogP contribution in [0.3, 0.4) is 0 Å². The summed E-state index contributed by atoms with van der Waals surface area (Å²) in [6.07, 6.45) is 6.51. The van der Waals surface area contributed by atoms with Crippen molar-refractivity contribution in [3.8, 4) is 0 Å². The molecule has 0 saturated heterocycles. The van der Waals surface area contributed by atoms with Gasteiger partial charge in [0.25, 0.3) is 0 Å². The van der Waals surface area contributed by atoms with Crippen LogP contribution in [-0.2, 0) is 21.4 Å². The molecular formula is C16H21N3O3S2. The number of thioether (sulfide) groups is 1. The summed E-state index contributed by atoms with van der Waals surface area (Å²) in [5.74, 6) is 0.829. The molecule has 0 fully saturated rings. The van der Waals surface area contributed by atoms with Gasteiger partial charge in [0.1, 0.15) is 6.04 Å². The fourth-order valence-electron chi connectivity index (χ4n) is 2.30. The predicted molar refractivity (Wildman–Crippen MR) is 96.1 cm³/mol. The molecule has 1 atom stereocenters. The van der Waals surface area contributed by atoms with E-state index in [1.54, 1.807) is 23.9 Å². The zero-order chi connectivity index (χ0) is 17.6. The van der Waals surface area contributed by atoms with Gasteiger partial charge in [0.05, 0.1) is 4.90 Å². The molecule has 0 aliphatic heterocycles. The maximum Gasteiger partial charge on any atom is 0.243 e. The van der Waals surface area contributed by atoms with Crippen LogP contribution in [0.15, 0.2) is 53.7 Å². The third-order valence-electron chi connectivity index (χ3n) is 3.60. The van der Waals surface area contributed by atoms with Crippen LogP contribution in [0, 0.1) is 0 Å². The predicted octanol–water partition coefficient (Wildman–Crippen LogP) is 1.75. The number of aromatic nitrogens is 1. The number of carbonyl (C=O) groups is 1. The molecule has 130 valence electrons. The second-order valence-corrected chi connectivity index (χ2v) is 7.88. The molecule has 1 heterocycles. The molecule has 1 aromatic carbocycles. The summed E-state index contributed by atoms with van der Waals surface area (Å²) >= 11 is 1.70. The minimum atomic E-state index is -3.70. The highest BCUT2D eigenvalue weighted by Gasteiger charge is 2.18. The van der Waals surface area contributed by atoms with Crippen molar-refractivity contribution in [3.63, 3.8) is 0 Å². The summed E-state index contributed by atoms with van der Waals surface area (Å²) in [5, 5.41) is 7.97. The normalized spacial score (nSPS) is 12.8. The summed E-state index contributed by atoms with van der Waals surface area (Å²) in [6.45, 7) is 0.334. The molecule has 0 aliphatic rings. The number of benzene rings is 1. The van der Waals surface area contributed by atoms with Crippen LogP contribution in [0.1, 0.15) is 18.0 Å². The molecule has 0 aliphatic carbocycles. The van der Waals surface area contributed by atoms with Gasteiger partial charge >= 0.3 is 0 Å². The van der Waals surface area contributed by atoms with Gasteiger partial charge in [0.15, 0.2) is 0 Å². The number of nitrogens with one attached hydrogen (secondary N) is 1. The SMILES string of the molecule is CSCC[C@@H](C(=O)NCc1ccc(S(N)(=O)=O)cc1)n1cccc1. The first kappa shape index (κ1) is 18.6. The lowest BCUT2D eigenvalue weighted by Gasteiger charge is -2.18. The maximum absolute atomic E-state index is 12.5. The molecular weight excluding hydrogens is 346 g/mol. The van der Waals surface area contributed by atoms with E-state index in [9.17, 15) is 13.2 Å². The number of nitrogens with zero attached hydrogens (tertiary/aromatic N) is 1. The highest BCUT2D eigenvalue weighted by Crippen LogP contribution is 2.16. The zero-order valence-electron chi connectivity index (χ0n) is 13.4. The minimum absolute atomic E-state index is 0.0581. The molecule has 6 nitrogen and oxygen atoms in total. The van der Waals surface area contributed by atoms with Crippen LogP contribution in [0.25, 0.3) is 0 Å². The monoisotopic (exact) mass is 367 g/mol. The van der Waals surface area contributed by atoms with Crippen LogP contribution in [0.2, 0.25) is 0 Å². The highest BCUT2D eigenvalue weighted by atomic mass is 32.2. The van der Waals surface area contributed by atoms with E-state index < -0.39 is 10.0 Å². The summed E-state index contributed by atoms with van der Waals surface area (Å²) in [7, 11) is -3.70. The smallest absolute Gasteiger partial charge is 0.243 e. The average Bonchev–Trinajstić information content (AvgIpc) is 3.07. The molecule has 0 unspecified atom stereocenters. The Labute approximate surface area is 146 Å². The number of hydrogen-bond acceptors (Lipinski definition) is 4. The Balaban J connectivity index is 2.00. The zero-order valence-corrected chi connectivity index (χ0v) is 15.0. The Morgan fingerprint density at radius 3 is 2.42 bits per heavy atom. The van der Waals surface area contributed by atoms with E-state index in [0.29, 0.717) is 6.54 Å². The lowest BCUT2D eigenvalue weighted by atomic mass is 10.2. The number of hydrogen-bond donors (Lipinski definition) is 2. The summed E-state index contributed by atoms with van der Waals surface area (Å²) in [6, 6.07) is 9.70. The van der Waals surface area contributed by atoms with Gasteiger partial charge < -0.3 is 9.88 Å². The number of rotatable bonds is 8. The maximum atomic E-state index is 12.5. The summed E-state index contributed by atoms with van der Waals surface area (Å²) in [4.78, 5) is 12.5. The van der Waals surface area contributed by atoms with Crippen molar-refractivity contribution in [2.75, 3.05) is 12.0 Å². The Bertz CT molecular complexity index is 756. The van der Waals surface area contributed by atoms with Gasteiger partial charge in [-0.1, -0.05) is 12.1 Å². The topological polar surface area (TPSA) is 94.2 Å². The second kappa shape index (κ2) is 8.36. The van der Waals surface area contributed by atoms with Crippen molar-refractivity contribution >= 4 is 27.7 Å². The van der Waals surface area contributed by atoms with E-state index in [1.807, 2.05) is 35.3 Å². The van der Waals surface area contributed by atoms with Crippen molar-refractivity contribution in [3.05, 3.63) is 54.4 Å². The van der Waals surface area contributed by atoms with E-state index in [1.165, 1.54) is 12.1 Å². The van der Waals surface area contributed by atoms with Crippen molar-refractivity contribution < 1.29 is 13.2 Å². The fourth-order valence-corrected chi connectivity index (χ4v) is 3.28. The fraction of sp³-hybridized carbons (Fsp3) is 0.312. The Morgan fingerprint density at radius 2 is 1.88 bits per heavy atom. The number of sulfonamides is 1. The molecule has 0 radical (unpaired) electrons. The van der Waals surface area contributed by atoms with Gasteiger partial charge in [-0.05, 0) is 48.3 Å². The van der Waals surface area contributed by atoms with E-state index >= 15 is 0 Å². The van der Waals surface area contributed by atoms with Crippen molar-refractivity contribution in [1.82, 2.24) is 9.88 Å². The Kier molecular flexibility index (Phi) is 6.47. The van der Waals surface area contributed by atoms with Crippen molar-refractivity contribution in [2.45, 2.75) is 23.9 Å². The van der Waals surface area contributed by atoms with E-state index in [-0.39, 0.29) is 16.8 Å². The van der Waals surface area contributed by atoms with Crippen LogP contribution < -0.4 is 10.5 Å². The van der Waals surface area contributed by atoms with E-state index in [2.05, 4.69) is 5.32 Å². The van der Waals surface area contributed by atoms with Gasteiger partial charge in [-0.15, -0.1) is 0 Å². The van der Waals surface area contributed by atoms with E-state index in [4.69, 9.17) is 5.14 Å². The highest BCUT2D eigenvalue weighted by molar-refractivity contribution is 7.98. The van der Waals surface area contributed by atoms with Gasteiger partial charge in [-0.25, -0.2) is 13.6 Å². The molecule has 2 rings (SSSR count). The lowest BCUT2D eigenvalue weighted by molar-refractivity contribution is -0.124. The number of amides is 1. The third-order valence-corrected chi connectivity index (χ3v) is 5.18. The lowest BCUT2D eigenvalue weighted by Crippen LogP contribution is -2.32. The largest absolute Gasteiger partial charge is 0.350 e. The van der Waals surface area contributed by atoms with Gasteiger partial charge in [0.2, 0.25) is 15.9 Å². The van der Waals surface area contributed by atoms with Crippen LogP contribution in [-0.4, -0.2) is 30.9 Å². The van der Waals surface area contributed by atoms with Crippen molar-refractivity contribution in [1.29, 1.82) is 0 Å². The summed E-state index contributed by atoms with van der Waals surface area (Å²) < 4.78 is 24.4. The molecule has 2 aromatic rings. The first-order valence-electron chi connectivity index (χ1n) is 7.42. The van der Waals surface area contributed by atoms with Gasteiger partial charge in [-0.2, -0.15) is 11.8 Å². The van der Waals surface area contributed by atoms with Crippen LogP contribution >= 0.6 is 11.8 Å². The average molecular weight is 367 g/mol. The molecule has 3 N–H and O–H groups in total. The minimum Gasteiger partial charge on any atom is -0.350 e. The molecule has 1 aromatic heterocycles. The Morgan fingerprint density at radius 1 is 1.25 bits per heavy atom. The molecule has 1 amide bonds. The first-order chi connectivity index (χ1) is 11.4. The Hall–Kier alpha value is -1.77. The standard InChI is InChI=1S/C16H21N3O3S2/c1-23-11-8-15(19-9-2-3-10-19)16(20)18-12-13-4-6-14(7-5-13)24(17,21)22/h2-7,9-10,15H,8,11-12H2,1H3,(H,18,20)(H2,17,21,22)/t15-/m0/s1. The molecule has 0 bridgehead atoms. The number of primary sulfonamides is 1. The number of nitrogens with two attached hydrogens (primary N) is 1. The molecule has 8 heteroatoms. The van der Waals surface area contributed by atoms with Gasteiger partial charge in [-0.3, -0.25) is 4.79 Å². The first-order valence-corrected chi connectivity index (χ1v) is 10.4. The van der Waals surface area contributed by atoms with Crippen LogP contribution in [0.4, 0.5) is 0 Å². The summed E-state index contributed by atoms with van der Waals surface area (Å²) in [5.41, 5.74) is 0.812. The van der Waals surface area contributed by atoms with Gasteiger partial charge in [0, 0.05) is 18.9 Å². The molecule has 0 spiro atoms. The number of carbonyl (C=O) groups excluding carboxylic acids is 1. The molecule has 0 saturated carbocycles. The quantitative estimate of drug-likeness (QED) is 0.743. The van der Waals surface area contributed by atoms with E-state index in [0.717, 1.165) is 17.7 Å². The van der Waals surface area contributed by atoms with Crippen LogP contribution in [0.5, 0.6) is 0 Å².